The third-order valence-corrected chi connectivity index (χ3v) is 6.06. The molecule has 20 heavy (non-hydrogen) atoms. The Bertz CT molecular complexity index is 390. The summed E-state index contributed by atoms with van der Waals surface area (Å²) in [5.41, 5.74) is 1.36. The van der Waals surface area contributed by atoms with Crippen molar-refractivity contribution in [2.24, 2.45) is 5.92 Å². The quantitative estimate of drug-likeness (QED) is 0.726. The molecule has 1 N–H and O–H groups in total. The van der Waals surface area contributed by atoms with Crippen molar-refractivity contribution in [3.8, 4) is 0 Å². The summed E-state index contributed by atoms with van der Waals surface area (Å²) in [6.07, 6.45) is 8.16. The van der Waals surface area contributed by atoms with Crippen LogP contribution in [0.15, 0.2) is 15.2 Å². The van der Waals surface area contributed by atoms with Gasteiger partial charge in [-0.2, -0.15) is 11.3 Å². The van der Waals surface area contributed by atoms with Crippen LogP contribution >= 0.6 is 27.3 Å². The first-order valence-electron chi connectivity index (χ1n) is 7.75. The van der Waals surface area contributed by atoms with Crippen molar-refractivity contribution >= 4 is 27.3 Å². The number of rotatable bonds is 7. The van der Waals surface area contributed by atoms with Gasteiger partial charge in [-0.3, -0.25) is 0 Å². The zero-order valence-electron chi connectivity index (χ0n) is 12.5. The largest absolute Gasteiger partial charge is 0.379 e. The molecule has 1 saturated carbocycles. The van der Waals surface area contributed by atoms with Gasteiger partial charge in [-0.05, 0) is 58.6 Å². The van der Waals surface area contributed by atoms with E-state index in [1.165, 1.54) is 42.1 Å². The van der Waals surface area contributed by atoms with Crippen molar-refractivity contribution in [3.05, 3.63) is 20.8 Å². The number of ether oxygens (including phenoxy) is 1. The van der Waals surface area contributed by atoms with Crippen LogP contribution < -0.4 is 5.32 Å². The monoisotopic (exact) mass is 359 g/mol. The predicted molar refractivity (Wildman–Crippen MR) is 90.4 cm³/mol. The number of thiophene rings is 1. The Morgan fingerprint density at radius 2 is 2.10 bits per heavy atom. The molecule has 0 aromatic carbocycles. The summed E-state index contributed by atoms with van der Waals surface area (Å²) in [6, 6.07) is 0.309. The summed E-state index contributed by atoms with van der Waals surface area (Å²) in [5.74, 6) is 0.690. The molecule has 1 aliphatic rings. The third kappa shape index (κ3) is 4.06. The van der Waals surface area contributed by atoms with Gasteiger partial charge in [0.1, 0.15) is 0 Å². The van der Waals surface area contributed by atoms with Crippen LogP contribution in [-0.2, 0) is 4.74 Å². The van der Waals surface area contributed by atoms with Gasteiger partial charge in [0.25, 0.3) is 0 Å². The SMILES string of the molecule is CCCNC(c1cscc1Br)C(OC)C1CCCCC1. The Balaban J connectivity index is 2.16. The molecule has 2 nitrogen and oxygen atoms in total. The maximum Gasteiger partial charge on any atom is 0.0794 e. The van der Waals surface area contributed by atoms with Gasteiger partial charge < -0.3 is 10.1 Å². The fourth-order valence-electron chi connectivity index (χ4n) is 3.28. The number of methoxy groups -OCH3 is 1. The first-order chi connectivity index (χ1) is 9.77. The van der Waals surface area contributed by atoms with Crippen LogP contribution in [0, 0.1) is 5.92 Å². The molecule has 0 amide bonds. The molecule has 1 aromatic heterocycles. The van der Waals surface area contributed by atoms with E-state index in [1.54, 1.807) is 11.3 Å². The van der Waals surface area contributed by atoms with E-state index >= 15 is 0 Å². The summed E-state index contributed by atoms with van der Waals surface area (Å²) in [6.45, 7) is 3.26. The second-order valence-electron chi connectivity index (χ2n) is 5.71. The molecule has 114 valence electrons. The molecule has 0 radical (unpaired) electrons. The van der Waals surface area contributed by atoms with Crippen molar-refractivity contribution in [1.29, 1.82) is 0 Å². The summed E-state index contributed by atoms with van der Waals surface area (Å²) >= 11 is 5.46. The summed E-state index contributed by atoms with van der Waals surface area (Å²) < 4.78 is 7.17. The first-order valence-corrected chi connectivity index (χ1v) is 9.49. The Hall–Kier alpha value is 0.1000. The van der Waals surface area contributed by atoms with E-state index in [4.69, 9.17) is 4.74 Å². The zero-order chi connectivity index (χ0) is 14.4. The molecule has 0 bridgehead atoms. The van der Waals surface area contributed by atoms with E-state index in [-0.39, 0.29) is 6.10 Å². The van der Waals surface area contributed by atoms with E-state index in [1.807, 2.05) is 7.11 Å². The van der Waals surface area contributed by atoms with Gasteiger partial charge in [0.2, 0.25) is 0 Å². The lowest BCUT2D eigenvalue weighted by molar-refractivity contribution is 0.00750. The molecule has 1 aromatic rings. The third-order valence-electron chi connectivity index (χ3n) is 4.31. The van der Waals surface area contributed by atoms with E-state index < -0.39 is 0 Å². The molecular weight excluding hydrogens is 334 g/mol. The molecule has 0 aliphatic heterocycles. The van der Waals surface area contributed by atoms with Crippen LogP contribution in [0.4, 0.5) is 0 Å². The highest BCUT2D eigenvalue weighted by Crippen LogP contribution is 2.37. The Kier molecular flexibility index (Phi) is 7.02. The molecule has 2 rings (SSSR count). The normalized spacial score (nSPS) is 19.9. The van der Waals surface area contributed by atoms with E-state index in [0.29, 0.717) is 12.0 Å². The van der Waals surface area contributed by atoms with Crippen LogP contribution in [0.3, 0.4) is 0 Å². The zero-order valence-corrected chi connectivity index (χ0v) is 14.9. The highest BCUT2D eigenvalue weighted by atomic mass is 79.9. The van der Waals surface area contributed by atoms with Crippen LogP contribution in [-0.4, -0.2) is 19.8 Å². The Labute approximate surface area is 135 Å². The number of nitrogens with one attached hydrogen (secondary N) is 1. The lowest BCUT2D eigenvalue weighted by atomic mass is 9.81. The van der Waals surface area contributed by atoms with Crippen molar-refractivity contribution in [2.75, 3.05) is 13.7 Å². The van der Waals surface area contributed by atoms with E-state index in [9.17, 15) is 0 Å². The Morgan fingerprint density at radius 3 is 2.65 bits per heavy atom. The van der Waals surface area contributed by atoms with Gasteiger partial charge in [-0.25, -0.2) is 0 Å². The average molecular weight is 360 g/mol. The van der Waals surface area contributed by atoms with Crippen LogP contribution in [0.25, 0.3) is 0 Å². The molecule has 0 saturated heterocycles. The van der Waals surface area contributed by atoms with Crippen LogP contribution in [0.1, 0.15) is 57.1 Å². The lowest BCUT2D eigenvalue weighted by Crippen LogP contribution is -2.39. The highest BCUT2D eigenvalue weighted by molar-refractivity contribution is 9.10. The minimum Gasteiger partial charge on any atom is -0.379 e. The lowest BCUT2D eigenvalue weighted by Gasteiger charge is -2.35. The average Bonchev–Trinajstić information content (AvgIpc) is 2.90. The summed E-state index contributed by atoms with van der Waals surface area (Å²) in [5, 5.41) is 8.14. The minimum absolute atomic E-state index is 0.285. The standard InChI is InChI=1S/C16H26BrNOS/c1-3-9-18-15(13-10-20-11-14(13)17)16(19-2)12-7-5-4-6-8-12/h10-12,15-16,18H,3-9H2,1-2H3. The van der Waals surface area contributed by atoms with Crippen molar-refractivity contribution in [2.45, 2.75) is 57.6 Å². The van der Waals surface area contributed by atoms with Crippen LogP contribution in [0.2, 0.25) is 0 Å². The highest BCUT2D eigenvalue weighted by Gasteiger charge is 2.32. The predicted octanol–water partition coefficient (Wildman–Crippen LogP) is 5.15. The van der Waals surface area contributed by atoms with E-state index in [0.717, 1.165) is 13.0 Å². The smallest absolute Gasteiger partial charge is 0.0794 e. The molecule has 0 spiro atoms. The molecular formula is C16H26BrNOS. The van der Waals surface area contributed by atoms with Gasteiger partial charge in [0, 0.05) is 17.0 Å². The van der Waals surface area contributed by atoms with Gasteiger partial charge in [-0.15, -0.1) is 0 Å². The van der Waals surface area contributed by atoms with Crippen molar-refractivity contribution in [1.82, 2.24) is 5.32 Å². The molecule has 1 aliphatic carbocycles. The number of hydrogen-bond acceptors (Lipinski definition) is 3. The summed E-state index contributed by atoms with van der Waals surface area (Å²) in [7, 11) is 1.88. The first kappa shape index (κ1) is 16.5. The Morgan fingerprint density at radius 1 is 1.35 bits per heavy atom. The second kappa shape index (κ2) is 8.52. The topological polar surface area (TPSA) is 21.3 Å². The second-order valence-corrected chi connectivity index (χ2v) is 7.30. The molecule has 2 unspecified atom stereocenters. The fraction of sp³-hybridized carbons (Fsp3) is 0.750. The minimum atomic E-state index is 0.285. The van der Waals surface area contributed by atoms with Gasteiger partial charge in [-0.1, -0.05) is 26.2 Å². The van der Waals surface area contributed by atoms with Crippen molar-refractivity contribution in [3.63, 3.8) is 0 Å². The maximum absolute atomic E-state index is 5.95. The molecule has 4 heteroatoms. The van der Waals surface area contributed by atoms with Gasteiger partial charge in [0.15, 0.2) is 0 Å². The number of halogens is 1. The van der Waals surface area contributed by atoms with Gasteiger partial charge in [0.05, 0.1) is 12.1 Å². The van der Waals surface area contributed by atoms with E-state index in [2.05, 4.69) is 38.9 Å². The molecule has 1 heterocycles. The van der Waals surface area contributed by atoms with Crippen molar-refractivity contribution < 1.29 is 4.74 Å². The summed E-state index contributed by atoms with van der Waals surface area (Å²) in [4.78, 5) is 0. The molecule has 1 fully saturated rings. The fourth-order valence-corrected chi connectivity index (χ4v) is 4.86. The number of hydrogen-bond donors (Lipinski definition) is 1. The van der Waals surface area contributed by atoms with Gasteiger partial charge >= 0.3 is 0 Å². The maximum atomic E-state index is 5.95. The molecule has 2 atom stereocenters. The van der Waals surface area contributed by atoms with Crippen LogP contribution in [0.5, 0.6) is 0 Å².